The van der Waals surface area contributed by atoms with Gasteiger partial charge in [-0.25, -0.2) is 13.4 Å². The second-order valence-electron chi connectivity index (χ2n) is 7.38. The Kier molecular flexibility index (Phi) is 9.18. The molecule has 2 aliphatic heterocycles. The molecule has 0 unspecified atom stereocenters. The van der Waals surface area contributed by atoms with Crippen molar-refractivity contribution in [2.75, 3.05) is 57.8 Å². The summed E-state index contributed by atoms with van der Waals surface area (Å²) >= 11 is 0. The molecule has 176 valence electrons. The van der Waals surface area contributed by atoms with Gasteiger partial charge in [0.05, 0.1) is 0 Å². The number of piperidine rings is 1. The van der Waals surface area contributed by atoms with Crippen LogP contribution in [0.2, 0.25) is 0 Å². The van der Waals surface area contributed by atoms with Gasteiger partial charge in [-0.1, -0.05) is 6.07 Å². The highest BCUT2D eigenvalue weighted by molar-refractivity contribution is 14.0. The summed E-state index contributed by atoms with van der Waals surface area (Å²) in [5, 5.41) is 3.30. The largest absolute Gasteiger partial charge is 0.511 e. The van der Waals surface area contributed by atoms with Crippen LogP contribution in [0.4, 0.5) is 19.0 Å². The quantitative estimate of drug-likeness (QED) is 0.336. The maximum atomic E-state index is 12.7. The fourth-order valence-corrected chi connectivity index (χ4v) is 4.74. The summed E-state index contributed by atoms with van der Waals surface area (Å²) in [6.07, 6.45) is 2.53. The third kappa shape index (κ3) is 6.34. The number of aromatic nitrogens is 1. The molecule has 0 aromatic carbocycles. The lowest BCUT2D eigenvalue weighted by Gasteiger charge is -2.38. The first-order valence-corrected chi connectivity index (χ1v) is 11.3. The van der Waals surface area contributed by atoms with Crippen molar-refractivity contribution in [1.82, 2.24) is 19.5 Å². The van der Waals surface area contributed by atoms with Crippen molar-refractivity contribution >= 4 is 45.8 Å². The van der Waals surface area contributed by atoms with Gasteiger partial charge in [-0.15, -0.1) is 24.0 Å². The van der Waals surface area contributed by atoms with Crippen molar-refractivity contribution in [2.45, 2.75) is 18.3 Å². The van der Waals surface area contributed by atoms with Crippen LogP contribution in [0.25, 0.3) is 0 Å². The Morgan fingerprint density at radius 3 is 2.32 bits per heavy atom. The van der Waals surface area contributed by atoms with Crippen LogP contribution < -0.4 is 10.2 Å². The van der Waals surface area contributed by atoms with E-state index in [1.165, 1.54) is 0 Å². The molecule has 0 radical (unpaired) electrons. The smallest absolute Gasteiger partial charge is 0.356 e. The Labute approximate surface area is 198 Å². The Balaban J connectivity index is 0.00000341. The number of alkyl halides is 3. The summed E-state index contributed by atoms with van der Waals surface area (Å²) in [6.45, 7) is 3.49. The number of pyridine rings is 1. The predicted octanol–water partition coefficient (Wildman–Crippen LogP) is 1.96. The van der Waals surface area contributed by atoms with Gasteiger partial charge >= 0.3 is 15.5 Å². The number of sulfonamides is 1. The molecular weight excluding hydrogens is 548 g/mol. The molecule has 3 rings (SSSR count). The van der Waals surface area contributed by atoms with E-state index in [0.717, 1.165) is 38.0 Å². The van der Waals surface area contributed by atoms with Crippen molar-refractivity contribution < 1.29 is 21.6 Å². The highest BCUT2D eigenvalue weighted by atomic mass is 127. The molecule has 2 saturated heterocycles. The predicted molar refractivity (Wildman–Crippen MR) is 124 cm³/mol. The van der Waals surface area contributed by atoms with Gasteiger partial charge in [0.1, 0.15) is 5.82 Å². The summed E-state index contributed by atoms with van der Waals surface area (Å²) in [7, 11) is -3.53. The van der Waals surface area contributed by atoms with E-state index in [1.54, 1.807) is 13.2 Å². The zero-order valence-electron chi connectivity index (χ0n) is 17.3. The lowest BCUT2D eigenvalue weighted by molar-refractivity contribution is -0.0496. The van der Waals surface area contributed by atoms with E-state index in [9.17, 15) is 21.6 Å². The molecular formula is C18H28F3IN6O2S. The van der Waals surface area contributed by atoms with Crippen LogP contribution in [0.1, 0.15) is 12.8 Å². The second kappa shape index (κ2) is 11.0. The highest BCUT2D eigenvalue weighted by Crippen LogP contribution is 2.30. The Bertz CT molecular complexity index is 824. The highest BCUT2D eigenvalue weighted by Gasteiger charge is 2.50. The molecule has 0 amide bonds. The summed E-state index contributed by atoms with van der Waals surface area (Å²) in [6, 6.07) is 5.82. The molecule has 0 atom stereocenters. The summed E-state index contributed by atoms with van der Waals surface area (Å²) < 4.78 is 61.6. The first kappa shape index (κ1) is 25.9. The average Bonchev–Trinajstić information content (AvgIpc) is 2.75. The van der Waals surface area contributed by atoms with Gasteiger partial charge in [-0.2, -0.15) is 17.5 Å². The maximum absolute atomic E-state index is 12.7. The zero-order chi connectivity index (χ0) is 21.8. The number of hydrogen-bond acceptors (Lipinski definition) is 5. The van der Waals surface area contributed by atoms with Gasteiger partial charge in [0.2, 0.25) is 0 Å². The van der Waals surface area contributed by atoms with Gasteiger partial charge < -0.3 is 15.1 Å². The number of anilines is 1. The molecule has 3 heterocycles. The third-order valence-electron chi connectivity index (χ3n) is 5.52. The van der Waals surface area contributed by atoms with E-state index in [-0.39, 0.29) is 43.0 Å². The normalized spacial score (nSPS) is 19.8. The molecule has 8 nitrogen and oxygen atoms in total. The standard InChI is InChI=1S/C18H27F3N6O2S.HI/c1-22-17(26-12-10-25(11-13-26)16-4-2-3-7-23-16)24-14-15-5-8-27(9-6-15)30(28,29)18(19,20)21;/h2-4,7,15H,5-6,8-14H2,1H3,(H,22,24);1H. The van der Waals surface area contributed by atoms with Gasteiger partial charge in [0.25, 0.3) is 0 Å². The molecule has 31 heavy (non-hydrogen) atoms. The van der Waals surface area contributed by atoms with Crippen molar-refractivity contribution in [3.8, 4) is 0 Å². The monoisotopic (exact) mass is 576 g/mol. The summed E-state index contributed by atoms with van der Waals surface area (Å²) in [5.74, 6) is 1.79. The first-order valence-electron chi connectivity index (χ1n) is 9.90. The van der Waals surface area contributed by atoms with Crippen molar-refractivity contribution in [3.63, 3.8) is 0 Å². The molecule has 0 bridgehead atoms. The Morgan fingerprint density at radius 1 is 1.16 bits per heavy atom. The molecule has 0 spiro atoms. The number of nitrogens with zero attached hydrogens (tertiary/aromatic N) is 5. The molecule has 2 aliphatic rings. The molecule has 1 aromatic rings. The molecule has 0 saturated carbocycles. The van der Waals surface area contributed by atoms with Crippen LogP contribution in [0.15, 0.2) is 29.4 Å². The number of piperazine rings is 1. The Morgan fingerprint density at radius 2 is 1.81 bits per heavy atom. The van der Waals surface area contributed by atoms with Gasteiger partial charge in [0, 0.05) is 59.1 Å². The van der Waals surface area contributed by atoms with Crippen LogP contribution in [0, 0.1) is 5.92 Å². The minimum atomic E-state index is -5.24. The zero-order valence-corrected chi connectivity index (χ0v) is 20.4. The molecule has 2 fully saturated rings. The number of rotatable bonds is 4. The van der Waals surface area contributed by atoms with Crippen molar-refractivity contribution in [2.24, 2.45) is 10.9 Å². The van der Waals surface area contributed by atoms with Crippen LogP contribution in [-0.2, 0) is 10.0 Å². The van der Waals surface area contributed by atoms with Gasteiger partial charge in [-0.05, 0) is 30.9 Å². The third-order valence-corrected chi connectivity index (χ3v) is 7.15. The first-order chi connectivity index (χ1) is 14.2. The number of aliphatic imine (C=N–C) groups is 1. The van der Waals surface area contributed by atoms with Crippen molar-refractivity contribution in [1.29, 1.82) is 0 Å². The van der Waals surface area contributed by atoms with Gasteiger partial charge in [0.15, 0.2) is 5.96 Å². The van der Waals surface area contributed by atoms with Crippen LogP contribution in [0.5, 0.6) is 0 Å². The topological polar surface area (TPSA) is 81.1 Å². The van der Waals surface area contributed by atoms with E-state index in [2.05, 4.69) is 25.1 Å². The lowest BCUT2D eigenvalue weighted by Crippen LogP contribution is -2.53. The second-order valence-corrected chi connectivity index (χ2v) is 9.31. The fourth-order valence-electron chi connectivity index (χ4n) is 3.76. The number of guanidine groups is 1. The van der Waals surface area contributed by atoms with E-state index in [0.29, 0.717) is 23.7 Å². The summed E-state index contributed by atoms with van der Waals surface area (Å²) in [4.78, 5) is 13.0. The minimum absolute atomic E-state index is 0. The minimum Gasteiger partial charge on any atom is -0.356 e. The average molecular weight is 576 g/mol. The van der Waals surface area contributed by atoms with E-state index in [1.807, 2.05) is 18.2 Å². The summed E-state index contributed by atoms with van der Waals surface area (Å²) in [5.41, 5.74) is -5.24. The van der Waals surface area contributed by atoms with E-state index in [4.69, 9.17) is 0 Å². The molecule has 1 N–H and O–H groups in total. The van der Waals surface area contributed by atoms with Crippen LogP contribution >= 0.6 is 24.0 Å². The number of nitrogens with one attached hydrogen (secondary N) is 1. The van der Waals surface area contributed by atoms with E-state index < -0.39 is 15.5 Å². The Hall–Kier alpha value is -1.35. The SMILES string of the molecule is CN=C(NCC1CCN(S(=O)(=O)C(F)(F)F)CC1)N1CCN(c2ccccn2)CC1.I. The fraction of sp³-hybridized carbons (Fsp3) is 0.667. The van der Waals surface area contributed by atoms with E-state index >= 15 is 0 Å². The molecule has 13 heteroatoms. The molecule has 0 aliphatic carbocycles. The van der Waals surface area contributed by atoms with Crippen molar-refractivity contribution in [3.05, 3.63) is 24.4 Å². The maximum Gasteiger partial charge on any atom is 0.511 e. The number of halogens is 4. The van der Waals surface area contributed by atoms with Crippen LogP contribution in [0.3, 0.4) is 0 Å². The lowest BCUT2D eigenvalue weighted by atomic mass is 9.98. The van der Waals surface area contributed by atoms with Gasteiger partial charge in [-0.3, -0.25) is 4.99 Å². The molecule has 1 aromatic heterocycles. The number of hydrogen-bond donors (Lipinski definition) is 1. The van der Waals surface area contributed by atoms with Crippen LogP contribution in [-0.4, -0.2) is 86.9 Å².